The highest BCUT2D eigenvalue weighted by molar-refractivity contribution is 7.89. The van der Waals surface area contributed by atoms with E-state index in [2.05, 4.69) is 37.7 Å². The molecular weight excluding hydrogens is 474 g/mol. The molecule has 1 aromatic heterocycles. The van der Waals surface area contributed by atoms with Gasteiger partial charge in [0.1, 0.15) is 0 Å². The van der Waals surface area contributed by atoms with Gasteiger partial charge in [-0.3, -0.25) is 15.0 Å². The van der Waals surface area contributed by atoms with Gasteiger partial charge in [0, 0.05) is 18.2 Å². The molecule has 0 radical (unpaired) electrons. The number of sulfonamides is 1. The van der Waals surface area contributed by atoms with Crippen LogP contribution in [-0.4, -0.2) is 48.9 Å². The molecule has 0 atom stereocenters. The van der Waals surface area contributed by atoms with Crippen LogP contribution in [0.15, 0.2) is 47.4 Å². The third-order valence-corrected chi connectivity index (χ3v) is 8.86. The molecule has 192 valence electrons. The Kier molecular flexibility index (Phi) is 7.41. The fourth-order valence-corrected chi connectivity index (χ4v) is 6.29. The van der Waals surface area contributed by atoms with Crippen molar-refractivity contribution in [1.29, 1.82) is 0 Å². The molecule has 8 nitrogen and oxygen atoms in total. The molecule has 3 aromatic rings. The monoisotopic (exact) mass is 509 g/mol. The number of anilines is 1. The standard InChI is InChI=1S/C27H35N5O3S/c1-28-36(34,35)23-12-8-9-21(18-23)26(33)30-27-29-24-17-20(19-31-15-6-3-7-16-31)13-14-25(24)32(27)22-10-4-2-5-11-22/h8-9,12-14,17-18,22,28H,2-7,10-11,15-16,19H2,1H3,(H,29,30,33). The summed E-state index contributed by atoms with van der Waals surface area (Å²) in [7, 11) is -2.29. The fraction of sp³-hybridized carbons (Fsp3) is 0.481. The van der Waals surface area contributed by atoms with Crippen molar-refractivity contribution in [2.45, 2.75) is 68.8 Å². The average Bonchev–Trinajstić information content (AvgIpc) is 3.26. The van der Waals surface area contributed by atoms with Crippen LogP contribution in [0.1, 0.15) is 73.3 Å². The first kappa shape index (κ1) is 24.9. The second-order valence-corrected chi connectivity index (χ2v) is 11.8. The molecule has 2 heterocycles. The Hall–Kier alpha value is -2.75. The number of piperidine rings is 1. The van der Waals surface area contributed by atoms with Crippen molar-refractivity contribution in [3.05, 3.63) is 53.6 Å². The van der Waals surface area contributed by atoms with E-state index >= 15 is 0 Å². The highest BCUT2D eigenvalue weighted by Crippen LogP contribution is 2.35. The number of nitrogens with zero attached hydrogens (tertiary/aromatic N) is 3. The number of fused-ring (bicyclic) bond motifs is 1. The van der Waals surface area contributed by atoms with Gasteiger partial charge in [0.25, 0.3) is 5.91 Å². The Morgan fingerprint density at radius 3 is 2.50 bits per heavy atom. The van der Waals surface area contributed by atoms with Crippen LogP contribution in [0.25, 0.3) is 11.0 Å². The van der Waals surface area contributed by atoms with Gasteiger partial charge in [-0.25, -0.2) is 18.1 Å². The summed E-state index contributed by atoms with van der Waals surface area (Å²) in [4.78, 5) is 20.7. The lowest BCUT2D eigenvalue weighted by molar-refractivity contribution is 0.102. The second kappa shape index (κ2) is 10.7. The zero-order valence-corrected chi connectivity index (χ0v) is 21.7. The lowest BCUT2D eigenvalue weighted by Crippen LogP contribution is -2.29. The predicted molar refractivity (Wildman–Crippen MR) is 142 cm³/mol. The SMILES string of the molecule is CNS(=O)(=O)c1cccc(C(=O)Nc2nc3cc(CN4CCCCC4)ccc3n2C2CCCCC2)c1. The highest BCUT2D eigenvalue weighted by Gasteiger charge is 2.24. The van der Waals surface area contributed by atoms with E-state index in [1.165, 1.54) is 50.4 Å². The number of benzene rings is 2. The van der Waals surface area contributed by atoms with E-state index in [4.69, 9.17) is 4.98 Å². The van der Waals surface area contributed by atoms with Crippen LogP contribution in [0.3, 0.4) is 0 Å². The van der Waals surface area contributed by atoms with E-state index < -0.39 is 10.0 Å². The van der Waals surface area contributed by atoms with Crippen molar-refractivity contribution in [2.24, 2.45) is 0 Å². The summed E-state index contributed by atoms with van der Waals surface area (Å²) in [6, 6.07) is 12.8. The first-order valence-electron chi connectivity index (χ1n) is 13.0. The first-order chi connectivity index (χ1) is 17.4. The molecule has 1 saturated carbocycles. The van der Waals surface area contributed by atoms with E-state index in [0.717, 1.165) is 56.4 Å². The molecule has 0 bridgehead atoms. The molecule has 1 aliphatic carbocycles. The zero-order valence-electron chi connectivity index (χ0n) is 20.9. The molecule has 0 spiro atoms. The predicted octanol–water partition coefficient (Wildman–Crippen LogP) is 4.69. The van der Waals surface area contributed by atoms with Crippen LogP contribution >= 0.6 is 0 Å². The Labute approximate surface area is 213 Å². The molecule has 1 amide bonds. The summed E-state index contributed by atoms with van der Waals surface area (Å²) < 4.78 is 28.9. The minimum Gasteiger partial charge on any atom is -0.307 e. The van der Waals surface area contributed by atoms with Crippen molar-refractivity contribution in [3.63, 3.8) is 0 Å². The lowest BCUT2D eigenvalue weighted by atomic mass is 9.95. The number of nitrogens with one attached hydrogen (secondary N) is 2. The van der Waals surface area contributed by atoms with E-state index in [1.807, 2.05) is 0 Å². The number of rotatable bonds is 7. The van der Waals surface area contributed by atoms with Gasteiger partial charge in [0.05, 0.1) is 15.9 Å². The van der Waals surface area contributed by atoms with E-state index in [9.17, 15) is 13.2 Å². The Balaban J connectivity index is 1.46. The van der Waals surface area contributed by atoms with Crippen LogP contribution in [0.5, 0.6) is 0 Å². The highest BCUT2D eigenvalue weighted by atomic mass is 32.2. The minimum absolute atomic E-state index is 0.0563. The lowest BCUT2D eigenvalue weighted by Gasteiger charge is -2.26. The van der Waals surface area contributed by atoms with Gasteiger partial charge >= 0.3 is 0 Å². The molecule has 9 heteroatoms. The van der Waals surface area contributed by atoms with Gasteiger partial charge in [-0.15, -0.1) is 0 Å². The molecule has 2 aliphatic rings. The molecular formula is C27H35N5O3S. The van der Waals surface area contributed by atoms with Crippen LogP contribution in [0.4, 0.5) is 5.95 Å². The van der Waals surface area contributed by atoms with Gasteiger partial charge in [0.15, 0.2) is 0 Å². The van der Waals surface area contributed by atoms with Crippen molar-refractivity contribution in [2.75, 3.05) is 25.5 Å². The number of aromatic nitrogens is 2. The summed E-state index contributed by atoms with van der Waals surface area (Å²) in [6.45, 7) is 3.19. The molecule has 36 heavy (non-hydrogen) atoms. The van der Waals surface area contributed by atoms with Gasteiger partial charge in [0.2, 0.25) is 16.0 Å². The molecule has 2 aromatic carbocycles. The van der Waals surface area contributed by atoms with Crippen LogP contribution in [0, 0.1) is 0 Å². The normalized spacial score (nSPS) is 17.9. The largest absolute Gasteiger partial charge is 0.307 e. The minimum atomic E-state index is -3.64. The number of likely N-dealkylation sites (tertiary alicyclic amines) is 1. The third kappa shape index (κ3) is 5.33. The van der Waals surface area contributed by atoms with E-state index in [0.29, 0.717) is 5.95 Å². The fourth-order valence-electron chi connectivity index (χ4n) is 5.51. The number of imidazole rings is 1. The molecule has 0 unspecified atom stereocenters. The topological polar surface area (TPSA) is 96.3 Å². The maximum atomic E-state index is 13.2. The van der Waals surface area contributed by atoms with E-state index in [1.54, 1.807) is 12.1 Å². The quantitative estimate of drug-likeness (QED) is 0.482. The Morgan fingerprint density at radius 1 is 1.00 bits per heavy atom. The van der Waals surface area contributed by atoms with Crippen LogP contribution < -0.4 is 10.0 Å². The molecule has 2 N–H and O–H groups in total. The van der Waals surface area contributed by atoms with Crippen LogP contribution in [0.2, 0.25) is 0 Å². The van der Waals surface area contributed by atoms with Gasteiger partial charge < -0.3 is 4.57 Å². The van der Waals surface area contributed by atoms with E-state index in [-0.39, 0.29) is 22.4 Å². The first-order valence-corrected chi connectivity index (χ1v) is 14.5. The van der Waals surface area contributed by atoms with Gasteiger partial charge in [-0.05, 0) is 81.7 Å². The smallest absolute Gasteiger partial charge is 0.258 e. The zero-order chi connectivity index (χ0) is 25.1. The summed E-state index contributed by atoms with van der Waals surface area (Å²) >= 11 is 0. The van der Waals surface area contributed by atoms with Gasteiger partial charge in [-0.1, -0.05) is 37.8 Å². The Bertz CT molecular complexity index is 1340. The Morgan fingerprint density at radius 2 is 1.75 bits per heavy atom. The number of hydrogen-bond acceptors (Lipinski definition) is 5. The molecule has 2 fully saturated rings. The third-order valence-electron chi connectivity index (χ3n) is 7.45. The molecule has 5 rings (SSSR count). The molecule has 1 saturated heterocycles. The summed E-state index contributed by atoms with van der Waals surface area (Å²) in [5.74, 6) is 0.156. The van der Waals surface area contributed by atoms with Crippen molar-refractivity contribution in [1.82, 2.24) is 19.2 Å². The van der Waals surface area contributed by atoms with Gasteiger partial charge in [-0.2, -0.15) is 0 Å². The maximum absolute atomic E-state index is 13.2. The summed E-state index contributed by atoms with van der Waals surface area (Å²) in [5.41, 5.74) is 3.43. The number of amides is 1. The summed E-state index contributed by atoms with van der Waals surface area (Å²) in [6.07, 6.45) is 9.49. The summed E-state index contributed by atoms with van der Waals surface area (Å²) in [5, 5.41) is 3.00. The molecule has 1 aliphatic heterocycles. The van der Waals surface area contributed by atoms with Crippen molar-refractivity contribution >= 4 is 32.9 Å². The average molecular weight is 510 g/mol. The van der Waals surface area contributed by atoms with Crippen molar-refractivity contribution in [3.8, 4) is 0 Å². The van der Waals surface area contributed by atoms with Crippen LogP contribution in [-0.2, 0) is 16.6 Å². The van der Waals surface area contributed by atoms with Crippen molar-refractivity contribution < 1.29 is 13.2 Å². The number of hydrogen-bond donors (Lipinski definition) is 2. The second-order valence-electron chi connectivity index (χ2n) is 9.95. The number of carbonyl (C=O) groups is 1. The maximum Gasteiger partial charge on any atom is 0.258 e. The number of carbonyl (C=O) groups excluding carboxylic acids is 1.